The molecule has 0 aliphatic carbocycles. The normalized spacial score (nSPS) is 12.5. The molecule has 0 fully saturated rings. The zero-order valence-electron chi connectivity index (χ0n) is 5.13. The Morgan fingerprint density at radius 1 is 0.909 bits per heavy atom. The first kappa shape index (κ1) is 17.3. The Bertz CT molecular complexity index is 139. The number of carbonyl (C=O) groups is 2. The molecule has 0 aromatic rings. The van der Waals surface area contributed by atoms with E-state index in [-0.39, 0.29) is 30.7 Å². The summed E-state index contributed by atoms with van der Waals surface area (Å²) in [6, 6.07) is 0. The van der Waals surface area contributed by atoms with Crippen molar-refractivity contribution in [2.45, 2.75) is 0 Å². The third-order valence-corrected chi connectivity index (χ3v) is 0.471. The Hall–Kier alpha value is 0.183. The maximum absolute atomic E-state index is 9.00. The average molecular weight is 252 g/mol. The molecule has 11 heavy (non-hydrogen) atoms. The Morgan fingerprint density at radius 3 is 1.00 bits per heavy atom. The Balaban J connectivity index is -0.000000107. The summed E-state index contributed by atoms with van der Waals surface area (Å²) in [4.78, 5) is 17.8. The number of rotatable bonds is 2. The van der Waals surface area contributed by atoms with E-state index in [2.05, 4.69) is 0 Å². The molecular formula is C2H2O6S2Zn. The average Bonchev–Trinajstić information content (AvgIpc) is 1.89. The maximum atomic E-state index is 9.00. The predicted octanol–water partition coefficient (Wildman–Crippen LogP) is -1.89. The standard InChI is InChI=1S/2CH2O3S.Zn/c2*2-1-5(3)4;/h2*1H,(H,3,4);/q;;+2/p-2. The topological polar surface area (TPSA) is 114 Å². The van der Waals surface area contributed by atoms with Gasteiger partial charge in [0.1, 0.15) is 0 Å². The monoisotopic (exact) mass is 250 g/mol. The molecule has 0 amide bonds. The molecule has 2 atom stereocenters. The predicted molar refractivity (Wildman–Crippen MR) is 31.3 cm³/mol. The fourth-order valence-electron chi connectivity index (χ4n) is 0. The summed E-state index contributed by atoms with van der Waals surface area (Å²) in [6.07, 6.45) is 0. The van der Waals surface area contributed by atoms with E-state index in [4.69, 9.17) is 27.1 Å². The quantitative estimate of drug-likeness (QED) is 0.322. The van der Waals surface area contributed by atoms with Crippen molar-refractivity contribution in [3.63, 3.8) is 0 Å². The van der Waals surface area contributed by atoms with Crippen molar-refractivity contribution in [1.29, 1.82) is 0 Å². The molecule has 0 saturated heterocycles. The summed E-state index contributed by atoms with van der Waals surface area (Å²) in [6.45, 7) is 0. The minimum Gasteiger partial charge on any atom is -0.766 e. The van der Waals surface area contributed by atoms with E-state index in [0.717, 1.165) is 0 Å². The summed E-state index contributed by atoms with van der Waals surface area (Å²) in [5, 5.41) is 0. The Kier molecular flexibility index (Phi) is 20.2. The van der Waals surface area contributed by atoms with Crippen molar-refractivity contribution < 1.29 is 46.6 Å². The van der Waals surface area contributed by atoms with Gasteiger partial charge >= 0.3 is 19.5 Å². The van der Waals surface area contributed by atoms with Gasteiger partial charge in [0.15, 0.2) is 11.2 Å². The SMILES string of the molecule is O=CS(=O)[O-].O=CS(=O)[O-].[Zn+2]. The molecule has 2 unspecified atom stereocenters. The zero-order valence-corrected chi connectivity index (χ0v) is 9.73. The van der Waals surface area contributed by atoms with Crippen molar-refractivity contribution in [2.24, 2.45) is 0 Å². The minimum absolute atomic E-state index is 0. The molecule has 9 heteroatoms. The van der Waals surface area contributed by atoms with Gasteiger partial charge < -0.3 is 9.11 Å². The van der Waals surface area contributed by atoms with E-state index in [0.29, 0.717) is 0 Å². The summed E-state index contributed by atoms with van der Waals surface area (Å²) in [5.74, 6) is 0. The van der Waals surface area contributed by atoms with Crippen LogP contribution in [0.25, 0.3) is 0 Å². The molecule has 0 aliphatic heterocycles. The third kappa shape index (κ3) is 39.0. The van der Waals surface area contributed by atoms with Crippen LogP contribution in [-0.2, 0) is 51.2 Å². The second-order valence-corrected chi connectivity index (χ2v) is 2.14. The molecule has 60 valence electrons. The van der Waals surface area contributed by atoms with E-state index in [1.54, 1.807) is 0 Å². The molecule has 6 nitrogen and oxygen atoms in total. The maximum Gasteiger partial charge on any atom is 2.00 e. The van der Waals surface area contributed by atoms with E-state index in [1.165, 1.54) is 0 Å². The fourth-order valence-corrected chi connectivity index (χ4v) is 0. The van der Waals surface area contributed by atoms with Crippen LogP contribution in [0, 0.1) is 0 Å². The molecule has 0 spiro atoms. The van der Waals surface area contributed by atoms with E-state index < -0.39 is 22.2 Å². The molecule has 0 heterocycles. The number of hydrogen-bond donors (Lipinski definition) is 0. The van der Waals surface area contributed by atoms with Gasteiger partial charge in [0.05, 0.1) is 0 Å². The van der Waals surface area contributed by atoms with Crippen LogP contribution in [0.15, 0.2) is 0 Å². The van der Waals surface area contributed by atoms with Crippen molar-refractivity contribution in [3.05, 3.63) is 0 Å². The van der Waals surface area contributed by atoms with Crippen molar-refractivity contribution in [2.75, 3.05) is 0 Å². The summed E-state index contributed by atoms with van der Waals surface area (Å²) in [5.41, 5.74) is -0.333. The third-order valence-electron chi connectivity index (χ3n) is 0.157. The van der Waals surface area contributed by atoms with Crippen LogP contribution < -0.4 is 0 Å². The summed E-state index contributed by atoms with van der Waals surface area (Å²) < 4.78 is 36.0. The largest absolute Gasteiger partial charge is 2.00 e. The molecule has 0 rings (SSSR count). The molecule has 0 aromatic heterocycles. The zero-order chi connectivity index (χ0) is 8.57. The first-order valence-corrected chi connectivity index (χ1v) is 3.89. The van der Waals surface area contributed by atoms with Crippen LogP contribution in [0.4, 0.5) is 0 Å². The van der Waals surface area contributed by atoms with Crippen LogP contribution in [0.2, 0.25) is 0 Å². The van der Waals surface area contributed by atoms with E-state index in [9.17, 15) is 0 Å². The van der Waals surface area contributed by atoms with Crippen LogP contribution in [0.1, 0.15) is 0 Å². The van der Waals surface area contributed by atoms with Gasteiger partial charge in [-0.1, -0.05) is 0 Å². The van der Waals surface area contributed by atoms with E-state index >= 15 is 0 Å². The number of carbonyl (C=O) groups excluding carboxylic acids is 2. The summed E-state index contributed by atoms with van der Waals surface area (Å²) >= 11 is -5.01. The number of hydrogen-bond acceptors (Lipinski definition) is 6. The van der Waals surface area contributed by atoms with Crippen LogP contribution >= 0.6 is 0 Å². The molecule has 0 saturated carbocycles. The van der Waals surface area contributed by atoms with E-state index in [1.807, 2.05) is 0 Å². The van der Waals surface area contributed by atoms with Crippen molar-refractivity contribution in [1.82, 2.24) is 0 Å². The smallest absolute Gasteiger partial charge is 0.766 e. The van der Waals surface area contributed by atoms with Gasteiger partial charge in [-0.25, -0.2) is 0 Å². The van der Waals surface area contributed by atoms with Crippen LogP contribution in [0.5, 0.6) is 0 Å². The van der Waals surface area contributed by atoms with Gasteiger partial charge in [-0.05, 0) is 0 Å². The van der Waals surface area contributed by atoms with Gasteiger partial charge in [0.25, 0.3) is 0 Å². The van der Waals surface area contributed by atoms with Crippen molar-refractivity contribution >= 4 is 33.4 Å². The summed E-state index contributed by atoms with van der Waals surface area (Å²) in [7, 11) is 0. The molecule has 0 radical (unpaired) electrons. The Morgan fingerprint density at radius 2 is 1.00 bits per heavy atom. The van der Waals surface area contributed by atoms with Gasteiger partial charge in [-0.3, -0.25) is 18.0 Å². The molecular weight excluding hydrogens is 250 g/mol. The Labute approximate surface area is 80.1 Å². The van der Waals surface area contributed by atoms with Gasteiger partial charge in [-0.2, -0.15) is 0 Å². The van der Waals surface area contributed by atoms with Crippen LogP contribution in [0.3, 0.4) is 0 Å². The second kappa shape index (κ2) is 12.8. The van der Waals surface area contributed by atoms with Gasteiger partial charge in [-0.15, -0.1) is 0 Å². The first-order valence-electron chi connectivity index (χ1n) is 1.61. The first-order chi connectivity index (χ1) is 4.54. The van der Waals surface area contributed by atoms with Gasteiger partial charge in [0, 0.05) is 22.2 Å². The van der Waals surface area contributed by atoms with Gasteiger partial charge in [0.2, 0.25) is 0 Å². The molecule has 0 bridgehead atoms. The second-order valence-electron chi connectivity index (χ2n) is 0.713. The molecule has 0 aliphatic rings. The van der Waals surface area contributed by atoms with Crippen LogP contribution in [-0.4, -0.2) is 28.8 Å². The molecule has 0 N–H and O–H groups in total. The fraction of sp³-hybridized carbons (Fsp3) is 0. The van der Waals surface area contributed by atoms with Crippen molar-refractivity contribution in [3.8, 4) is 0 Å². The molecule has 0 aromatic carbocycles. The minimum atomic E-state index is -2.50.